The molecule has 17 heavy (non-hydrogen) atoms. The van der Waals surface area contributed by atoms with Gasteiger partial charge in [0.05, 0.1) is 6.61 Å². The van der Waals surface area contributed by atoms with E-state index in [2.05, 4.69) is 22.1 Å². The van der Waals surface area contributed by atoms with E-state index in [-0.39, 0.29) is 18.3 Å². The minimum absolute atomic E-state index is 0.0341. The highest BCUT2D eigenvalue weighted by atomic mass is 16.3. The maximum atomic E-state index is 11.9. The van der Waals surface area contributed by atoms with Gasteiger partial charge in [-0.3, -0.25) is 9.89 Å². The van der Waals surface area contributed by atoms with Crippen molar-refractivity contribution in [3.05, 3.63) is 12.2 Å². The van der Waals surface area contributed by atoms with E-state index in [1.807, 2.05) is 0 Å². The predicted molar refractivity (Wildman–Crippen MR) is 63.5 cm³/mol. The topological polar surface area (TPSA) is 82.1 Å². The number of aliphatic hydroxyl groups is 1. The van der Waals surface area contributed by atoms with Crippen molar-refractivity contribution in [1.29, 1.82) is 0 Å². The molecule has 1 heterocycles. The molecule has 0 fully saturated rings. The molecule has 96 valence electrons. The van der Waals surface area contributed by atoms with Crippen LogP contribution >= 0.6 is 0 Å². The first-order chi connectivity index (χ1) is 8.29. The van der Waals surface area contributed by atoms with Gasteiger partial charge >= 0.3 is 0 Å². The molecule has 0 saturated carbocycles. The molecule has 0 atom stereocenters. The zero-order valence-electron chi connectivity index (χ0n) is 10.2. The van der Waals surface area contributed by atoms with Gasteiger partial charge in [0, 0.05) is 13.1 Å². The summed E-state index contributed by atoms with van der Waals surface area (Å²) in [4.78, 5) is 17.4. The number of carbonyl (C=O) groups excluding carboxylic acids is 1. The number of aliphatic hydroxyl groups excluding tert-OH is 1. The minimum atomic E-state index is -0.201. The zero-order chi connectivity index (χ0) is 12.5. The summed E-state index contributed by atoms with van der Waals surface area (Å²) in [6, 6.07) is 0. The van der Waals surface area contributed by atoms with E-state index in [4.69, 9.17) is 5.11 Å². The largest absolute Gasteiger partial charge is 0.395 e. The summed E-state index contributed by atoms with van der Waals surface area (Å²) in [5.74, 6) is 0.0296. The molecule has 1 rings (SSSR count). The molecule has 0 aliphatic rings. The van der Waals surface area contributed by atoms with Gasteiger partial charge in [-0.15, -0.1) is 0 Å². The number of nitrogens with zero attached hydrogens (tertiary/aromatic N) is 3. The van der Waals surface area contributed by atoms with Crippen LogP contribution in [0.25, 0.3) is 0 Å². The van der Waals surface area contributed by atoms with Crippen LogP contribution in [-0.4, -0.2) is 50.8 Å². The van der Waals surface area contributed by atoms with E-state index in [1.165, 1.54) is 12.7 Å². The molecule has 0 radical (unpaired) electrons. The molecular formula is C11H20N4O2. The number of rotatable bonds is 8. The quantitative estimate of drug-likeness (QED) is 0.659. The van der Waals surface area contributed by atoms with Crippen molar-refractivity contribution >= 4 is 5.91 Å². The summed E-state index contributed by atoms with van der Waals surface area (Å²) in [5, 5.41) is 15.1. The number of hydrogen-bond acceptors (Lipinski definition) is 4. The fourth-order valence-electron chi connectivity index (χ4n) is 1.62. The number of unbranched alkanes of at least 4 members (excludes halogenated alkanes) is 3. The van der Waals surface area contributed by atoms with Gasteiger partial charge in [-0.2, -0.15) is 5.10 Å². The van der Waals surface area contributed by atoms with Crippen molar-refractivity contribution in [3.63, 3.8) is 0 Å². The van der Waals surface area contributed by atoms with E-state index in [0.29, 0.717) is 13.1 Å². The van der Waals surface area contributed by atoms with Crippen LogP contribution in [-0.2, 0) is 0 Å². The minimum Gasteiger partial charge on any atom is -0.395 e. The van der Waals surface area contributed by atoms with Gasteiger partial charge in [0.2, 0.25) is 5.82 Å². The molecule has 1 aromatic heterocycles. The highest BCUT2D eigenvalue weighted by Gasteiger charge is 2.17. The van der Waals surface area contributed by atoms with E-state index in [9.17, 15) is 4.79 Å². The van der Waals surface area contributed by atoms with Gasteiger partial charge in [-0.1, -0.05) is 26.2 Å². The van der Waals surface area contributed by atoms with Crippen molar-refractivity contribution < 1.29 is 9.90 Å². The summed E-state index contributed by atoms with van der Waals surface area (Å²) in [6.07, 6.45) is 5.69. The van der Waals surface area contributed by atoms with Gasteiger partial charge in [0.1, 0.15) is 6.33 Å². The van der Waals surface area contributed by atoms with Gasteiger partial charge in [0.15, 0.2) is 0 Å². The Morgan fingerprint density at radius 2 is 2.24 bits per heavy atom. The molecule has 0 spiro atoms. The Kier molecular flexibility index (Phi) is 6.24. The lowest BCUT2D eigenvalue weighted by atomic mass is 10.2. The zero-order valence-corrected chi connectivity index (χ0v) is 10.2. The van der Waals surface area contributed by atoms with Crippen molar-refractivity contribution in [1.82, 2.24) is 20.1 Å². The fraction of sp³-hybridized carbons (Fsp3) is 0.727. The fourth-order valence-corrected chi connectivity index (χ4v) is 1.62. The molecule has 0 aliphatic heterocycles. The molecule has 6 nitrogen and oxygen atoms in total. The first kappa shape index (κ1) is 13.6. The van der Waals surface area contributed by atoms with E-state index in [0.717, 1.165) is 19.3 Å². The van der Waals surface area contributed by atoms with Gasteiger partial charge in [-0.05, 0) is 6.42 Å². The van der Waals surface area contributed by atoms with Gasteiger partial charge in [-0.25, -0.2) is 4.98 Å². The Morgan fingerprint density at radius 3 is 2.82 bits per heavy atom. The van der Waals surface area contributed by atoms with Crippen LogP contribution in [0, 0.1) is 0 Å². The van der Waals surface area contributed by atoms with E-state index >= 15 is 0 Å². The molecule has 0 unspecified atom stereocenters. The number of amides is 1. The SMILES string of the molecule is CCCCCCN(CCO)C(=O)c1ncn[nH]1. The lowest BCUT2D eigenvalue weighted by Gasteiger charge is -2.20. The third-order valence-electron chi connectivity index (χ3n) is 2.56. The number of aromatic nitrogens is 3. The van der Waals surface area contributed by atoms with Crippen LogP contribution in [0.2, 0.25) is 0 Å². The molecule has 1 amide bonds. The van der Waals surface area contributed by atoms with Crippen molar-refractivity contribution in [2.45, 2.75) is 32.6 Å². The third kappa shape index (κ3) is 4.52. The molecule has 0 saturated heterocycles. The molecule has 0 bridgehead atoms. The number of carbonyl (C=O) groups is 1. The summed E-state index contributed by atoms with van der Waals surface area (Å²) in [5.41, 5.74) is 0. The van der Waals surface area contributed by atoms with Crippen LogP contribution in [0.5, 0.6) is 0 Å². The predicted octanol–water partition coefficient (Wildman–Crippen LogP) is 0.819. The maximum absolute atomic E-state index is 11.9. The number of aromatic amines is 1. The van der Waals surface area contributed by atoms with Gasteiger partial charge in [0.25, 0.3) is 5.91 Å². The number of hydrogen-bond donors (Lipinski definition) is 2. The lowest BCUT2D eigenvalue weighted by molar-refractivity contribution is 0.0706. The van der Waals surface area contributed by atoms with Gasteiger partial charge < -0.3 is 10.0 Å². The molecule has 2 N–H and O–H groups in total. The summed E-state index contributed by atoms with van der Waals surface area (Å²) < 4.78 is 0. The van der Waals surface area contributed by atoms with Crippen molar-refractivity contribution in [2.24, 2.45) is 0 Å². The average Bonchev–Trinajstić information content (AvgIpc) is 2.86. The Labute approximate surface area is 101 Å². The van der Waals surface area contributed by atoms with Crippen molar-refractivity contribution in [3.8, 4) is 0 Å². The summed E-state index contributed by atoms with van der Waals surface area (Å²) in [7, 11) is 0. The standard InChI is InChI=1S/C11H20N4O2/c1-2-3-4-5-6-15(7-8-16)11(17)10-12-9-13-14-10/h9,16H,2-8H2,1H3,(H,12,13,14). The molecule has 0 aliphatic carbocycles. The van der Waals surface area contributed by atoms with Crippen LogP contribution in [0.4, 0.5) is 0 Å². The number of H-pyrrole nitrogens is 1. The van der Waals surface area contributed by atoms with Crippen LogP contribution < -0.4 is 0 Å². The first-order valence-electron chi connectivity index (χ1n) is 6.05. The van der Waals surface area contributed by atoms with Crippen LogP contribution in [0.3, 0.4) is 0 Å². The highest BCUT2D eigenvalue weighted by Crippen LogP contribution is 2.04. The molecule has 0 aromatic carbocycles. The number of nitrogens with one attached hydrogen (secondary N) is 1. The third-order valence-corrected chi connectivity index (χ3v) is 2.56. The first-order valence-corrected chi connectivity index (χ1v) is 6.05. The lowest BCUT2D eigenvalue weighted by Crippen LogP contribution is -2.35. The van der Waals surface area contributed by atoms with Crippen LogP contribution in [0.1, 0.15) is 43.2 Å². The molecule has 1 aromatic rings. The maximum Gasteiger partial charge on any atom is 0.291 e. The smallest absolute Gasteiger partial charge is 0.291 e. The van der Waals surface area contributed by atoms with Crippen LogP contribution in [0.15, 0.2) is 6.33 Å². The normalized spacial score (nSPS) is 10.5. The average molecular weight is 240 g/mol. The second kappa shape index (κ2) is 7.78. The molecule has 6 heteroatoms. The monoisotopic (exact) mass is 240 g/mol. The Hall–Kier alpha value is -1.43. The Bertz CT molecular complexity index is 313. The Balaban J connectivity index is 2.44. The Morgan fingerprint density at radius 1 is 1.41 bits per heavy atom. The second-order valence-corrected chi connectivity index (χ2v) is 3.91. The van der Waals surface area contributed by atoms with E-state index in [1.54, 1.807) is 4.90 Å². The highest BCUT2D eigenvalue weighted by molar-refractivity contribution is 5.90. The summed E-state index contributed by atoms with van der Waals surface area (Å²) in [6.45, 7) is 3.10. The van der Waals surface area contributed by atoms with E-state index < -0.39 is 0 Å². The molecular weight excluding hydrogens is 220 g/mol. The van der Waals surface area contributed by atoms with Crippen molar-refractivity contribution in [2.75, 3.05) is 19.7 Å². The summed E-state index contributed by atoms with van der Waals surface area (Å²) >= 11 is 0. The second-order valence-electron chi connectivity index (χ2n) is 3.91.